The summed E-state index contributed by atoms with van der Waals surface area (Å²) in [5, 5.41) is 41.8. The molecule has 0 radical (unpaired) electrons. The van der Waals surface area contributed by atoms with Crippen LogP contribution in [0.5, 0.6) is 0 Å². The smallest absolute Gasteiger partial charge is 0.431 e. The quantitative estimate of drug-likeness (QED) is 0.339. The van der Waals surface area contributed by atoms with E-state index in [9.17, 15) is 4.79 Å². The van der Waals surface area contributed by atoms with Crippen LogP contribution in [0.2, 0.25) is 0 Å². The number of hydrogen-bond donors (Lipinski definition) is 5. The van der Waals surface area contributed by atoms with Crippen LogP contribution in [0, 0.1) is 0 Å². The van der Waals surface area contributed by atoms with Gasteiger partial charge in [-0.1, -0.05) is 0 Å². The normalized spacial score (nSPS) is 13.1. The summed E-state index contributed by atoms with van der Waals surface area (Å²) in [6.45, 7) is 0.119. The predicted molar refractivity (Wildman–Crippen MR) is 56.2 cm³/mol. The molecule has 0 rings (SSSR count). The van der Waals surface area contributed by atoms with Crippen LogP contribution < -0.4 is 0 Å². The van der Waals surface area contributed by atoms with Gasteiger partial charge in [-0.15, -0.1) is 0 Å². The fraction of sp³-hybridized carbons (Fsp3) is 0.889. The fourth-order valence-electron chi connectivity index (χ4n) is 0.476. The minimum Gasteiger partial charge on any atom is -0.431 e. The Morgan fingerprint density at radius 1 is 1.00 bits per heavy atom. The summed E-state index contributed by atoms with van der Waals surface area (Å²) in [5.74, 6) is 0. The van der Waals surface area contributed by atoms with E-state index in [1.165, 1.54) is 0 Å². The largest absolute Gasteiger partial charge is 0.508 e. The van der Waals surface area contributed by atoms with Crippen LogP contribution in [0.3, 0.4) is 0 Å². The van der Waals surface area contributed by atoms with Gasteiger partial charge in [0.05, 0.1) is 13.2 Å². The minimum absolute atomic E-state index is 0.250. The molecule has 0 saturated heterocycles. The van der Waals surface area contributed by atoms with E-state index in [4.69, 9.17) is 25.5 Å². The molecule has 0 aliphatic carbocycles. The molecule has 8 heteroatoms. The van der Waals surface area contributed by atoms with Crippen molar-refractivity contribution in [3.05, 3.63) is 0 Å². The molecule has 0 heterocycles. The maximum Gasteiger partial charge on any atom is 0.508 e. The van der Waals surface area contributed by atoms with E-state index in [-0.39, 0.29) is 19.8 Å². The van der Waals surface area contributed by atoms with Gasteiger partial charge >= 0.3 is 6.16 Å². The second-order valence-electron chi connectivity index (χ2n) is 2.86. The molecule has 0 amide bonds. The number of hydrogen-bond acceptors (Lipinski definition) is 8. The Hall–Kier alpha value is -0.930. The zero-order valence-corrected chi connectivity index (χ0v) is 9.65. The third-order valence-electron chi connectivity index (χ3n) is 1.21. The van der Waals surface area contributed by atoms with Gasteiger partial charge in [0.2, 0.25) is 0 Å². The Labute approximate surface area is 99.0 Å². The summed E-state index contributed by atoms with van der Waals surface area (Å²) in [4.78, 5) is 10.7. The van der Waals surface area contributed by atoms with Crippen LogP contribution in [0.1, 0.15) is 6.92 Å². The maximum absolute atomic E-state index is 10.7. The zero-order valence-electron chi connectivity index (χ0n) is 9.65. The van der Waals surface area contributed by atoms with Gasteiger partial charge in [0, 0.05) is 6.61 Å². The third kappa shape index (κ3) is 15.1. The molecular weight excluding hydrogens is 236 g/mol. The molecule has 0 aromatic carbocycles. The van der Waals surface area contributed by atoms with Gasteiger partial charge in [0.15, 0.2) is 0 Å². The Kier molecular flexibility index (Phi) is 14.2. The van der Waals surface area contributed by atoms with Crippen molar-refractivity contribution in [1.82, 2.24) is 0 Å². The highest BCUT2D eigenvalue weighted by Crippen LogP contribution is 1.91. The Bertz CT molecular complexity index is 158. The summed E-state index contributed by atoms with van der Waals surface area (Å²) in [7, 11) is 0. The van der Waals surface area contributed by atoms with Gasteiger partial charge in [0.1, 0.15) is 25.4 Å². The summed E-state index contributed by atoms with van der Waals surface area (Å²) in [5.41, 5.74) is 0. The first-order valence-electron chi connectivity index (χ1n) is 4.99. The van der Waals surface area contributed by atoms with Crippen LogP contribution >= 0.6 is 0 Å². The number of rotatable bonds is 6. The molecule has 0 aromatic heterocycles. The van der Waals surface area contributed by atoms with Crippen LogP contribution in [0.4, 0.5) is 4.79 Å². The number of aliphatic hydroxyl groups is 5. The third-order valence-corrected chi connectivity index (χ3v) is 1.21. The van der Waals surface area contributed by atoms with Gasteiger partial charge in [0.25, 0.3) is 0 Å². The van der Waals surface area contributed by atoms with Crippen LogP contribution in [-0.4, -0.2) is 76.9 Å². The molecule has 2 unspecified atom stereocenters. The summed E-state index contributed by atoms with van der Waals surface area (Å²) in [6.07, 6.45) is -3.37. The van der Waals surface area contributed by atoms with Crippen molar-refractivity contribution in [2.45, 2.75) is 19.1 Å². The molecule has 17 heavy (non-hydrogen) atoms. The number of ether oxygens (including phenoxy) is 2. The standard InChI is InChI=1S/C7H14O7.C2H6O/c8-1-5(10)3-13-7(12)14-4-6(11)2-9;1-2-3/h5-6,8-11H,1-4H2;3H,2H2,1H3. The molecule has 0 spiro atoms. The van der Waals surface area contributed by atoms with Gasteiger partial charge in [-0.3, -0.25) is 0 Å². The van der Waals surface area contributed by atoms with Crippen LogP contribution in [0.15, 0.2) is 0 Å². The Balaban J connectivity index is 0. The first-order chi connectivity index (χ1) is 8.01. The highest BCUT2D eigenvalue weighted by molar-refractivity contribution is 5.59. The van der Waals surface area contributed by atoms with E-state index >= 15 is 0 Å². The van der Waals surface area contributed by atoms with E-state index in [2.05, 4.69) is 9.47 Å². The Morgan fingerprint density at radius 3 is 1.53 bits per heavy atom. The van der Waals surface area contributed by atoms with E-state index in [0.717, 1.165) is 0 Å². The highest BCUT2D eigenvalue weighted by atomic mass is 16.7. The first-order valence-corrected chi connectivity index (χ1v) is 4.99. The average molecular weight is 256 g/mol. The molecule has 104 valence electrons. The number of carbonyl (C=O) groups excluding carboxylic acids is 1. The maximum atomic E-state index is 10.7. The van der Waals surface area contributed by atoms with Crippen LogP contribution in [0.25, 0.3) is 0 Å². The van der Waals surface area contributed by atoms with Gasteiger partial charge in [-0.25, -0.2) is 4.79 Å². The highest BCUT2D eigenvalue weighted by Gasteiger charge is 2.10. The van der Waals surface area contributed by atoms with Crippen LogP contribution in [-0.2, 0) is 9.47 Å². The second-order valence-corrected chi connectivity index (χ2v) is 2.86. The summed E-state index contributed by atoms with van der Waals surface area (Å²) >= 11 is 0. The van der Waals surface area contributed by atoms with Crippen molar-refractivity contribution in [1.29, 1.82) is 0 Å². The lowest BCUT2D eigenvalue weighted by atomic mass is 10.4. The van der Waals surface area contributed by atoms with Gasteiger partial charge < -0.3 is 35.0 Å². The molecule has 0 aliphatic heterocycles. The lowest BCUT2D eigenvalue weighted by Gasteiger charge is -2.10. The lowest BCUT2D eigenvalue weighted by molar-refractivity contribution is -0.0215. The van der Waals surface area contributed by atoms with Crippen molar-refractivity contribution < 1.29 is 39.8 Å². The van der Waals surface area contributed by atoms with Crippen molar-refractivity contribution in [3.63, 3.8) is 0 Å². The monoisotopic (exact) mass is 256 g/mol. The SMILES string of the molecule is CCO.O=C(OCC(O)CO)OCC(O)CO. The number of aliphatic hydroxyl groups excluding tert-OH is 5. The molecule has 0 aliphatic rings. The van der Waals surface area contributed by atoms with Crippen molar-refractivity contribution >= 4 is 6.16 Å². The molecule has 8 nitrogen and oxygen atoms in total. The van der Waals surface area contributed by atoms with Crippen molar-refractivity contribution in [3.8, 4) is 0 Å². The van der Waals surface area contributed by atoms with E-state index in [0.29, 0.717) is 0 Å². The summed E-state index contributed by atoms with van der Waals surface area (Å²) < 4.78 is 8.65. The van der Waals surface area contributed by atoms with E-state index in [1.54, 1.807) is 6.92 Å². The molecule has 0 bridgehead atoms. The Morgan fingerprint density at radius 2 is 1.29 bits per heavy atom. The minimum atomic E-state index is -1.15. The van der Waals surface area contributed by atoms with E-state index in [1.807, 2.05) is 0 Å². The van der Waals surface area contributed by atoms with Crippen molar-refractivity contribution in [2.24, 2.45) is 0 Å². The molecular formula is C9H20O8. The lowest BCUT2D eigenvalue weighted by Crippen LogP contribution is -2.25. The fourth-order valence-corrected chi connectivity index (χ4v) is 0.476. The zero-order chi connectivity index (χ0) is 13.7. The van der Waals surface area contributed by atoms with Gasteiger partial charge in [-0.05, 0) is 6.92 Å². The van der Waals surface area contributed by atoms with E-state index < -0.39 is 31.6 Å². The second kappa shape index (κ2) is 13.1. The molecule has 5 N–H and O–H groups in total. The molecule has 2 atom stereocenters. The molecule has 0 saturated carbocycles. The average Bonchev–Trinajstić information content (AvgIpc) is 2.33. The number of carbonyl (C=O) groups is 1. The first kappa shape index (κ1) is 18.4. The van der Waals surface area contributed by atoms with Gasteiger partial charge in [-0.2, -0.15) is 0 Å². The summed E-state index contributed by atoms with van der Waals surface area (Å²) in [6, 6.07) is 0. The molecule has 0 fully saturated rings. The molecule has 0 aromatic rings. The topological polar surface area (TPSA) is 137 Å². The van der Waals surface area contributed by atoms with Crippen molar-refractivity contribution in [2.75, 3.05) is 33.0 Å². The predicted octanol–water partition coefficient (Wildman–Crippen LogP) is -2.16.